The SMILES string of the molecule is OC(CC1CCCC1)C1Cc2ccccc21. The van der Waals surface area contributed by atoms with Gasteiger partial charge in [0, 0.05) is 5.92 Å². The smallest absolute Gasteiger partial charge is 0.0614 e. The van der Waals surface area contributed by atoms with Crippen molar-refractivity contribution in [2.45, 2.75) is 50.5 Å². The molecule has 0 heterocycles. The van der Waals surface area contributed by atoms with Crippen LogP contribution in [0.25, 0.3) is 0 Å². The van der Waals surface area contributed by atoms with Gasteiger partial charge in [-0.05, 0) is 29.9 Å². The molecule has 2 atom stereocenters. The van der Waals surface area contributed by atoms with Gasteiger partial charge in [0.25, 0.3) is 0 Å². The molecular formula is C15H20O. The number of aliphatic hydroxyl groups is 1. The summed E-state index contributed by atoms with van der Waals surface area (Å²) in [4.78, 5) is 0. The maximum atomic E-state index is 10.3. The van der Waals surface area contributed by atoms with E-state index in [1.54, 1.807) is 0 Å². The Morgan fingerprint density at radius 2 is 1.94 bits per heavy atom. The van der Waals surface area contributed by atoms with E-state index in [1.165, 1.54) is 36.8 Å². The van der Waals surface area contributed by atoms with Gasteiger partial charge >= 0.3 is 0 Å². The zero-order valence-corrected chi connectivity index (χ0v) is 9.73. The Balaban J connectivity index is 1.63. The van der Waals surface area contributed by atoms with E-state index in [9.17, 15) is 5.11 Å². The van der Waals surface area contributed by atoms with Crippen LogP contribution in [0.4, 0.5) is 0 Å². The van der Waals surface area contributed by atoms with E-state index in [0.717, 1.165) is 18.8 Å². The highest BCUT2D eigenvalue weighted by molar-refractivity contribution is 5.40. The predicted octanol–water partition coefficient (Wildman–Crippen LogP) is 3.27. The average molecular weight is 216 g/mol. The van der Waals surface area contributed by atoms with Crippen LogP contribution >= 0.6 is 0 Å². The Kier molecular flexibility index (Phi) is 2.72. The Labute approximate surface area is 97.5 Å². The number of hydrogen-bond acceptors (Lipinski definition) is 1. The average Bonchev–Trinajstić information content (AvgIpc) is 2.72. The molecule has 1 nitrogen and oxygen atoms in total. The Morgan fingerprint density at radius 3 is 2.69 bits per heavy atom. The lowest BCUT2D eigenvalue weighted by Crippen LogP contribution is -2.30. The van der Waals surface area contributed by atoms with Crippen molar-refractivity contribution < 1.29 is 5.11 Å². The second-order valence-electron chi connectivity index (χ2n) is 5.46. The monoisotopic (exact) mass is 216 g/mol. The van der Waals surface area contributed by atoms with Gasteiger partial charge in [-0.3, -0.25) is 0 Å². The van der Waals surface area contributed by atoms with Crippen molar-refractivity contribution in [2.24, 2.45) is 5.92 Å². The Hall–Kier alpha value is -0.820. The van der Waals surface area contributed by atoms with Crippen LogP contribution in [0, 0.1) is 5.92 Å². The van der Waals surface area contributed by atoms with Crippen molar-refractivity contribution in [2.75, 3.05) is 0 Å². The quantitative estimate of drug-likeness (QED) is 0.822. The number of rotatable bonds is 3. The summed E-state index contributed by atoms with van der Waals surface area (Å²) in [7, 11) is 0. The largest absolute Gasteiger partial charge is 0.392 e. The molecule has 0 spiro atoms. The molecule has 2 aliphatic rings. The van der Waals surface area contributed by atoms with Crippen LogP contribution in [0.15, 0.2) is 24.3 Å². The van der Waals surface area contributed by atoms with E-state index in [1.807, 2.05) is 0 Å². The minimum absolute atomic E-state index is 0.0991. The molecule has 3 rings (SSSR count). The van der Waals surface area contributed by atoms with Gasteiger partial charge < -0.3 is 5.11 Å². The molecule has 0 bridgehead atoms. The van der Waals surface area contributed by atoms with Crippen LogP contribution in [-0.4, -0.2) is 11.2 Å². The second-order valence-corrected chi connectivity index (χ2v) is 5.46. The van der Waals surface area contributed by atoms with Gasteiger partial charge in [0.1, 0.15) is 0 Å². The van der Waals surface area contributed by atoms with Gasteiger partial charge in [0.05, 0.1) is 6.10 Å². The van der Waals surface area contributed by atoms with Crippen LogP contribution < -0.4 is 0 Å². The van der Waals surface area contributed by atoms with Gasteiger partial charge in [0.15, 0.2) is 0 Å². The number of hydrogen-bond donors (Lipinski definition) is 1. The summed E-state index contributed by atoms with van der Waals surface area (Å²) in [6.07, 6.45) is 7.44. The van der Waals surface area contributed by atoms with Crippen molar-refractivity contribution in [3.63, 3.8) is 0 Å². The van der Waals surface area contributed by atoms with Crippen LogP contribution in [0.1, 0.15) is 49.1 Å². The number of benzene rings is 1. The maximum Gasteiger partial charge on any atom is 0.0614 e. The Morgan fingerprint density at radius 1 is 1.19 bits per heavy atom. The third-order valence-electron chi connectivity index (χ3n) is 4.41. The van der Waals surface area contributed by atoms with E-state index in [2.05, 4.69) is 24.3 Å². The zero-order valence-electron chi connectivity index (χ0n) is 9.73. The lowest BCUT2D eigenvalue weighted by Gasteiger charge is -2.34. The molecule has 1 saturated carbocycles. The fraction of sp³-hybridized carbons (Fsp3) is 0.600. The van der Waals surface area contributed by atoms with Crippen molar-refractivity contribution in [3.8, 4) is 0 Å². The summed E-state index contributed by atoms with van der Waals surface area (Å²) in [6.45, 7) is 0. The minimum Gasteiger partial charge on any atom is -0.392 e. The van der Waals surface area contributed by atoms with Gasteiger partial charge in [-0.25, -0.2) is 0 Å². The first-order valence-corrected chi connectivity index (χ1v) is 6.60. The summed E-state index contributed by atoms with van der Waals surface area (Å²) < 4.78 is 0. The molecule has 0 radical (unpaired) electrons. The highest BCUT2D eigenvalue weighted by atomic mass is 16.3. The normalized spacial score (nSPS) is 26.2. The van der Waals surface area contributed by atoms with E-state index >= 15 is 0 Å². The van der Waals surface area contributed by atoms with Crippen molar-refractivity contribution in [1.29, 1.82) is 0 Å². The molecule has 1 aromatic carbocycles. The van der Waals surface area contributed by atoms with E-state index in [-0.39, 0.29) is 6.10 Å². The lowest BCUT2D eigenvalue weighted by atomic mass is 9.72. The molecule has 0 amide bonds. The van der Waals surface area contributed by atoms with E-state index in [4.69, 9.17) is 0 Å². The van der Waals surface area contributed by atoms with E-state index < -0.39 is 0 Å². The van der Waals surface area contributed by atoms with Crippen LogP contribution in [0.2, 0.25) is 0 Å². The van der Waals surface area contributed by atoms with Crippen LogP contribution in [0.5, 0.6) is 0 Å². The maximum absolute atomic E-state index is 10.3. The van der Waals surface area contributed by atoms with Crippen molar-refractivity contribution >= 4 is 0 Å². The molecule has 2 unspecified atom stereocenters. The van der Waals surface area contributed by atoms with Crippen LogP contribution in [0.3, 0.4) is 0 Å². The molecule has 0 aromatic heterocycles. The van der Waals surface area contributed by atoms with E-state index in [0.29, 0.717) is 5.92 Å². The molecule has 1 heteroatoms. The molecule has 16 heavy (non-hydrogen) atoms. The molecule has 1 aromatic rings. The molecular weight excluding hydrogens is 196 g/mol. The third kappa shape index (κ3) is 1.78. The number of fused-ring (bicyclic) bond motifs is 1. The molecule has 1 fully saturated rings. The highest BCUT2D eigenvalue weighted by Gasteiger charge is 2.33. The van der Waals surface area contributed by atoms with Crippen molar-refractivity contribution in [3.05, 3.63) is 35.4 Å². The van der Waals surface area contributed by atoms with Gasteiger partial charge in [-0.15, -0.1) is 0 Å². The predicted molar refractivity (Wildman–Crippen MR) is 65.5 cm³/mol. The fourth-order valence-corrected chi connectivity index (χ4v) is 3.39. The topological polar surface area (TPSA) is 20.2 Å². The van der Waals surface area contributed by atoms with Gasteiger partial charge in [0.2, 0.25) is 0 Å². The number of aliphatic hydroxyl groups excluding tert-OH is 1. The minimum atomic E-state index is -0.0991. The zero-order chi connectivity index (χ0) is 11.0. The van der Waals surface area contributed by atoms with Gasteiger partial charge in [-0.2, -0.15) is 0 Å². The molecule has 2 aliphatic carbocycles. The Bertz CT molecular complexity index is 365. The molecule has 86 valence electrons. The molecule has 0 saturated heterocycles. The summed E-state index contributed by atoms with van der Waals surface area (Å²) >= 11 is 0. The summed E-state index contributed by atoms with van der Waals surface area (Å²) in [6, 6.07) is 8.56. The summed E-state index contributed by atoms with van der Waals surface area (Å²) in [5.41, 5.74) is 2.84. The molecule has 1 N–H and O–H groups in total. The standard InChI is InChI=1S/C15H20O/c16-15(9-11-5-1-2-6-11)14-10-12-7-3-4-8-13(12)14/h3-4,7-8,11,14-16H,1-2,5-6,9-10H2. The molecule has 0 aliphatic heterocycles. The van der Waals surface area contributed by atoms with Crippen molar-refractivity contribution in [1.82, 2.24) is 0 Å². The summed E-state index contributed by atoms with van der Waals surface area (Å²) in [5, 5.41) is 10.3. The summed E-state index contributed by atoms with van der Waals surface area (Å²) in [5.74, 6) is 1.22. The third-order valence-corrected chi connectivity index (χ3v) is 4.41. The fourth-order valence-electron chi connectivity index (χ4n) is 3.39. The van der Waals surface area contributed by atoms with Gasteiger partial charge in [-0.1, -0.05) is 49.9 Å². The lowest BCUT2D eigenvalue weighted by molar-refractivity contribution is 0.105. The first kappa shape index (κ1) is 10.3. The highest BCUT2D eigenvalue weighted by Crippen LogP contribution is 2.40. The first-order chi connectivity index (χ1) is 7.84. The van der Waals surface area contributed by atoms with Crippen LogP contribution in [-0.2, 0) is 6.42 Å². The first-order valence-electron chi connectivity index (χ1n) is 6.60. The second kappa shape index (κ2) is 4.21.